The smallest absolute Gasteiger partial charge is 0.133 e. The second-order valence-corrected chi connectivity index (χ2v) is 5.96. The van der Waals surface area contributed by atoms with E-state index in [1.165, 1.54) is 11.3 Å². The number of aryl methyl sites for hydroxylation is 2. The number of nitrogens with one attached hydrogen (secondary N) is 1. The summed E-state index contributed by atoms with van der Waals surface area (Å²) in [5.41, 5.74) is 3.52. The molecule has 0 amide bonds. The Morgan fingerprint density at radius 3 is 2.67 bits per heavy atom. The monoisotopic (exact) mass is 351 g/mol. The standard InChI is InChI=1S/C16H22BrN3O/c1-5-18-15(10-13-8-11(2)19-20(13)3)12-6-7-16(21-4)14(17)9-12/h6-9,15,18H,5,10H2,1-4H3. The van der Waals surface area contributed by atoms with Gasteiger partial charge in [0.2, 0.25) is 0 Å². The molecule has 2 aromatic rings. The molecule has 0 aliphatic rings. The zero-order valence-electron chi connectivity index (χ0n) is 13.0. The first-order chi connectivity index (χ1) is 10.0. The first-order valence-electron chi connectivity index (χ1n) is 7.11. The highest BCUT2D eigenvalue weighted by Crippen LogP contribution is 2.29. The van der Waals surface area contributed by atoms with Crippen LogP contribution < -0.4 is 10.1 Å². The van der Waals surface area contributed by atoms with Crippen molar-refractivity contribution in [1.82, 2.24) is 15.1 Å². The molecule has 4 nitrogen and oxygen atoms in total. The number of halogens is 1. The minimum Gasteiger partial charge on any atom is -0.496 e. The van der Waals surface area contributed by atoms with Gasteiger partial charge in [0.25, 0.3) is 0 Å². The quantitative estimate of drug-likeness (QED) is 0.866. The number of methoxy groups -OCH3 is 1. The largest absolute Gasteiger partial charge is 0.496 e. The van der Waals surface area contributed by atoms with Crippen molar-refractivity contribution < 1.29 is 4.74 Å². The molecule has 0 aliphatic carbocycles. The second kappa shape index (κ2) is 7.09. The van der Waals surface area contributed by atoms with Crippen LogP contribution in [0.4, 0.5) is 0 Å². The molecule has 0 spiro atoms. The van der Waals surface area contributed by atoms with E-state index < -0.39 is 0 Å². The maximum absolute atomic E-state index is 5.30. The Morgan fingerprint density at radius 2 is 2.14 bits per heavy atom. The molecule has 1 atom stereocenters. The number of ether oxygens (including phenoxy) is 1. The van der Waals surface area contributed by atoms with E-state index in [0.717, 1.165) is 28.9 Å². The lowest BCUT2D eigenvalue weighted by atomic mass is 10.0. The molecule has 0 aliphatic heterocycles. The summed E-state index contributed by atoms with van der Waals surface area (Å²) in [6.45, 7) is 5.07. The number of benzene rings is 1. The highest BCUT2D eigenvalue weighted by Gasteiger charge is 2.15. The fourth-order valence-corrected chi connectivity index (χ4v) is 3.08. The summed E-state index contributed by atoms with van der Waals surface area (Å²) < 4.78 is 8.23. The van der Waals surface area contributed by atoms with Gasteiger partial charge in [-0.1, -0.05) is 13.0 Å². The topological polar surface area (TPSA) is 39.1 Å². The first-order valence-corrected chi connectivity index (χ1v) is 7.90. The molecule has 0 saturated heterocycles. The van der Waals surface area contributed by atoms with Crippen LogP contribution in [0.25, 0.3) is 0 Å². The van der Waals surface area contributed by atoms with Crippen LogP contribution in [-0.2, 0) is 13.5 Å². The third-order valence-electron chi connectivity index (χ3n) is 3.54. The van der Waals surface area contributed by atoms with Crippen molar-refractivity contribution in [2.75, 3.05) is 13.7 Å². The molecule has 0 saturated carbocycles. The number of nitrogens with zero attached hydrogens (tertiary/aromatic N) is 2. The molecular formula is C16H22BrN3O. The molecule has 1 aromatic carbocycles. The zero-order chi connectivity index (χ0) is 15.4. The molecular weight excluding hydrogens is 330 g/mol. The number of aromatic nitrogens is 2. The first kappa shape index (κ1) is 16.0. The van der Waals surface area contributed by atoms with Gasteiger partial charge in [-0.05, 0) is 53.2 Å². The Kier molecular flexibility index (Phi) is 5.42. The second-order valence-electron chi connectivity index (χ2n) is 5.11. The van der Waals surface area contributed by atoms with E-state index in [9.17, 15) is 0 Å². The molecule has 1 unspecified atom stereocenters. The van der Waals surface area contributed by atoms with Gasteiger partial charge >= 0.3 is 0 Å². The fraction of sp³-hybridized carbons (Fsp3) is 0.438. The van der Waals surface area contributed by atoms with Crippen molar-refractivity contribution in [3.8, 4) is 5.75 Å². The Hall–Kier alpha value is -1.33. The van der Waals surface area contributed by atoms with Crippen LogP contribution in [0.5, 0.6) is 5.75 Å². The minimum atomic E-state index is 0.256. The number of likely N-dealkylation sites (N-methyl/N-ethyl adjacent to an activating group) is 1. The Morgan fingerprint density at radius 1 is 1.38 bits per heavy atom. The van der Waals surface area contributed by atoms with E-state index in [2.05, 4.69) is 51.5 Å². The summed E-state index contributed by atoms with van der Waals surface area (Å²) in [5.74, 6) is 0.852. The van der Waals surface area contributed by atoms with Crippen molar-refractivity contribution in [2.45, 2.75) is 26.3 Å². The van der Waals surface area contributed by atoms with Crippen LogP contribution in [0.2, 0.25) is 0 Å². The van der Waals surface area contributed by atoms with E-state index in [-0.39, 0.29) is 6.04 Å². The maximum Gasteiger partial charge on any atom is 0.133 e. The van der Waals surface area contributed by atoms with Crippen LogP contribution in [0.1, 0.15) is 29.9 Å². The Labute approximate surface area is 134 Å². The van der Waals surface area contributed by atoms with Gasteiger partial charge in [-0.15, -0.1) is 0 Å². The number of rotatable bonds is 6. The van der Waals surface area contributed by atoms with Gasteiger partial charge in [0, 0.05) is 25.2 Å². The van der Waals surface area contributed by atoms with Crippen LogP contribution >= 0.6 is 15.9 Å². The van der Waals surface area contributed by atoms with E-state index in [1.54, 1.807) is 7.11 Å². The van der Waals surface area contributed by atoms with Gasteiger partial charge in [0.1, 0.15) is 5.75 Å². The summed E-state index contributed by atoms with van der Waals surface area (Å²) in [7, 11) is 3.68. The molecule has 1 heterocycles. The molecule has 21 heavy (non-hydrogen) atoms. The van der Waals surface area contributed by atoms with Gasteiger partial charge in [-0.2, -0.15) is 5.10 Å². The van der Waals surface area contributed by atoms with Crippen molar-refractivity contribution in [2.24, 2.45) is 7.05 Å². The normalized spacial score (nSPS) is 12.4. The lowest BCUT2D eigenvalue weighted by Gasteiger charge is -2.19. The van der Waals surface area contributed by atoms with Crippen LogP contribution in [0.15, 0.2) is 28.7 Å². The van der Waals surface area contributed by atoms with Gasteiger partial charge in [-0.25, -0.2) is 0 Å². The van der Waals surface area contributed by atoms with Crippen molar-refractivity contribution in [3.63, 3.8) is 0 Å². The van der Waals surface area contributed by atoms with Crippen LogP contribution in [-0.4, -0.2) is 23.4 Å². The third-order valence-corrected chi connectivity index (χ3v) is 4.16. The lowest BCUT2D eigenvalue weighted by molar-refractivity contribution is 0.411. The number of hydrogen-bond acceptors (Lipinski definition) is 3. The van der Waals surface area contributed by atoms with E-state index in [0.29, 0.717) is 0 Å². The minimum absolute atomic E-state index is 0.256. The lowest BCUT2D eigenvalue weighted by Crippen LogP contribution is -2.24. The molecule has 0 fully saturated rings. The fourth-order valence-electron chi connectivity index (χ4n) is 2.52. The molecule has 5 heteroatoms. The number of hydrogen-bond donors (Lipinski definition) is 1. The average Bonchev–Trinajstić information content (AvgIpc) is 2.76. The summed E-state index contributed by atoms with van der Waals surface area (Å²) in [4.78, 5) is 0. The molecule has 0 radical (unpaired) electrons. The highest BCUT2D eigenvalue weighted by molar-refractivity contribution is 9.10. The third kappa shape index (κ3) is 3.86. The van der Waals surface area contributed by atoms with Gasteiger partial charge in [0.15, 0.2) is 0 Å². The summed E-state index contributed by atoms with van der Waals surface area (Å²) in [6, 6.07) is 8.63. The maximum atomic E-state index is 5.30. The van der Waals surface area contributed by atoms with Crippen molar-refractivity contribution in [1.29, 1.82) is 0 Å². The van der Waals surface area contributed by atoms with Gasteiger partial charge < -0.3 is 10.1 Å². The molecule has 1 aromatic heterocycles. The summed E-state index contributed by atoms with van der Waals surface area (Å²) >= 11 is 3.56. The average molecular weight is 352 g/mol. The van der Waals surface area contributed by atoms with Gasteiger partial charge in [-0.3, -0.25) is 4.68 Å². The molecule has 0 bridgehead atoms. The van der Waals surface area contributed by atoms with Crippen molar-refractivity contribution in [3.05, 3.63) is 45.7 Å². The molecule has 2 rings (SSSR count). The highest BCUT2D eigenvalue weighted by atomic mass is 79.9. The van der Waals surface area contributed by atoms with Crippen LogP contribution in [0.3, 0.4) is 0 Å². The van der Waals surface area contributed by atoms with Crippen molar-refractivity contribution >= 4 is 15.9 Å². The molecule has 1 N–H and O–H groups in total. The van der Waals surface area contributed by atoms with E-state index >= 15 is 0 Å². The zero-order valence-corrected chi connectivity index (χ0v) is 14.6. The van der Waals surface area contributed by atoms with E-state index in [4.69, 9.17) is 4.74 Å². The SMILES string of the molecule is CCNC(Cc1cc(C)nn1C)c1ccc(OC)c(Br)c1. The van der Waals surface area contributed by atoms with Gasteiger partial charge in [0.05, 0.1) is 17.3 Å². The molecule has 114 valence electrons. The predicted octanol–water partition coefficient (Wildman–Crippen LogP) is 3.39. The van der Waals surface area contributed by atoms with Crippen LogP contribution in [0, 0.1) is 6.92 Å². The Balaban J connectivity index is 2.26. The predicted molar refractivity (Wildman–Crippen MR) is 88.8 cm³/mol. The summed E-state index contributed by atoms with van der Waals surface area (Å²) in [5, 5.41) is 7.97. The van der Waals surface area contributed by atoms with E-state index in [1.807, 2.05) is 24.7 Å². The Bertz CT molecular complexity index is 610. The summed E-state index contributed by atoms with van der Waals surface area (Å²) in [6.07, 6.45) is 0.907.